The van der Waals surface area contributed by atoms with Crippen molar-refractivity contribution < 1.29 is 4.79 Å². The summed E-state index contributed by atoms with van der Waals surface area (Å²) in [5, 5.41) is 3.01. The lowest BCUT2D eigenvalue weighted by Gasteiger charge is -2.10. The van der Waals surface area contributed by atoms with E-state index in [1.165, 1.54) is 5.56 Å². The van der Waals surface area contributed by atoms with E-state index in [2.05, 4.69) is 58.4 Å². The number of imidazole rings is 1. The average Bonchev–Trinajstić information content (AvgIpc) is 3.12. The third kappa shape index (κ3) is 4.72. The van der Waals surface area contributed by atoms with Gasteiger partial charge in [0.2, 0.25) is 0 Å². The minimum Gasteiger partial charge on any atom is -0.352 e. The molecule has 0 radical (unpaired) electrons. The van der Waals surface area contributed by atoms with Crippen molar-refractivity contribution in [3.63, 3.8) is 0 Å². The maximum Gasteiger partial charge on any atom is 0.251 e. The number of para-hydroxylation sites is 2. The Morgan fingerprint density at radius 3 is 2.31 bits per heavy atom. The van der Waals surface area contributed by atoms with Crippen LogP contribution in [-0.2, 0) is 19.4 Å². The van der Waals surface area contributed by atoms with Gasteiger partial charge in [0.25, 0.3) is 5.91 Å². The summed E-state index contributed by atoms with van der Waals surface area (Å²) in [5.41, 5.74) is 4.21. The van der Waals surface area contributed by atoms with Crippen LogP contribution >= 0.6 is 0 Å². The molecule has 0 unspecified atom stereocenters. The number of rotatable bonds is 8. The third-order valence-corrected chi connectivity index (χ3v) is 5.09. The van der Waals surface area contributed by atoms with Crippen molar-refractivity contribution in [2.24, 2.45) is 0 Å². The van der Waals surface area contributed by atoms with Crippen molar-refractivity contribution in [1.29, 1.82) is 0 Å². The fourth-order valence-electron chi connectivity index (χ4n) is 3.63. The number of aromatic nitrogens is 2. The highest BCUT2D eigenvalue weighted by atomic mass is 16.1. The summed E-state index contributed by atoms with van der Waals surface area (Å²) in [7, 11) is 0. The van der Waals surface area contributed by atoms with Crippen molar-refractivity contribution in [1.82, 2.24) is 14.9 Å². The summed E-state index contributed by atoms with van der Waals surface area (Å²) >= 11 is 0. The van der Waals surface area contributed by atoms with Crippen LogP contribution in [0.5, 0.6) is 0 Å². The van der Waals surface area contributed by atoms with Gasteiger partial charge in [0.05, 0.1) is 11.0 Å². The maximum absolute atomic E-state index is 12.3. The lowest BCUT2D eigenvalue weighted by Crippen LogP contribution is -2.26. The van der Waals surface area contributed by atoms with E-state index in [1.54, 1.807) is 0 Å². The van der Waals surface area contributed by atoms with Crippen LogP contribution in [0.3, 0.4) is 0 Å². The molecule has 4 aromatic rings. The van der Waals surface area contributed by atoms with Crippen LogP contribution in [0.15, 0.2) is 84.9 Å². The molecule has 0 spiro atoms. The SMILES string of the molecule is O=C(NCCc1nc2ccccc2n1CCCc1ccccc1)c1ccccc1. The van der Waals surface area contributed by atoms with E-state index >= 15 is 0 Å². The Morgan fingerprint density at radius 1 is 0.828 bits per heavy atom. The van der Waals surface area contributed by atoms with Crippen LogP contribution in [0.4, 0.5) is 0 Å². The van der Waals surface area contributed by atoms with Gasteiger partial charge in [0.1, 0.15) is 5.82 Å². The molecule has 1 heterocycles. The molecule has 29 heavy (non-hydrogen) atoms. The van der Waals surface area contributed by atoms with Gasteiger partial charge in [-0.2, -0.15) is 0 Å². The summed E-state index contributed by atoms with van der Waals surface area (Å²) in [6, 6.07) is 28.1. The van der Waals surface area contributed by atoms with Gasteiger partial charge in [0, 0.05) is 25.1 Å². The number of benzene rings is 3. The number of carbonyl (C=O) groups excluding carboxylic acids is 1. The first-order chi connectivity index (χ1) is 14.3. The highest BCUT2D eigenvalue weighted by molar-refractivity contribution is 5.94. The van der Waals surface area contributed by atoms with Crippen LogP contribution in [0.2, 0.25) is 0 Å². The van der Waals surface area contributed by atoms with E-state index in [0.29, 0.717) is 18.5 Å². The molecule has 1 N–H and O–H groups in total. The Bertz CT molecular complexity index is 1070. The first-order valence-corrected chi connectivity index (χ1v) is 10.1. The minimum atomic E-state index is -0.0441. The fraction of sp³-hybridized carbons (Fsp3) is 0.200. The quantitative estimate of drug-likeness (QED) is 0.482. The molecule has 4 nitrogen and oxygen atoms in total. The predicted molar refractivity (Wildman–Crippen MR) is 117 cm³/mol. The van der Waals surface area contributed by atoms with Crippen molar-refractivity contribution in [3.8, 4) is 0 Å². The number of carbonyl (C=O) groups is 1. The highest BCUT2D eigenvalue weighted by Crippen LogP contribution is 2.17. The standard InChI is InChI=1S/C25H25N3O/c29-25(21-13-5-2-6-14-21)26-18-17-24-27-22-15-7-8-16-23(22)28(24)19-9-12-20-10-3-1-4-11-20/h1-8,10-11,13-16H,9,12,17-19H2,(H,26,29). The average molecular weight is 383 g/mol. The summed E-state index contributed by atoms with van der Waals surface area (Å²) in [6.07, 6.45) is 2.80. The molecule has 146 valence electrons. The predicted octanol–water partition coefficient (Wildman–Crippen LogP) is 4.64. The van der Waals surface area contributed by atoms with Crippen LogP contribution in [0, 0.1) is 0 Å². The zero-order valence-corrected chi connectivity index (χ0v) is 16.4. The van der Waals surface area contributed by atoms with Crippen LogP contribution in [0.25, 0.3) is 11.0 Å². The summed E-state index contributed by atoms with van der Waals surface area (Å²) in [5.74, 6) is 0.977. The molecule has 4 rings (SSSR count). The minimum absolute atomic E-state index is 0.0441. The Morgan fingerprint density at radius 2 is 1.52 bits per heavy atom. The molecular formula is C25H25N3O. The fourth-order valence-corrected chi connectivity index (χ4v) is 3.63. The molecule has 0 aliphatic rings. The number of aryl methyl sites for hydroxylation is 2. The first-order valence-electron chi connectivity index (χ1n) is 10.1. The molecule has 0 saturated carbocycles. The second-order valence-electron chi connectivity index (χ2n) is 7.13. The second-order valence-corrected chi connectivity index (χ2v) is 7.13. The normalized spacial score (nSPS) is 10.9. The summed E-state index contributed by atoms with van der Waals surface area (Å²) in [4.78, 5) is 17.1. The molecule has 1 aromatic heterocycles. The molecule has 0 bridgehead atoms. The van der Waals surface area contributed by atoms with Crippen LogP contribution < -0.4 is 5.32 Å². The zero-order valence-electron chi connectivity index (χ0n) is 16.4. The first kappa shape index (κ1) is 18.9. The smallest absolute Gasteiger partial charge is 0.251 e. The van der Waals surface area contributed by atoms with Crippen molar-refractivity contribution in [3.05, 3.63) is 102 Å². The van der Waals surface area contributed by atoms with Crippen molar-refractivity contribution in [2.75, 3.05) is 6.54 Å². The van der Waals surface area contributed by atoms with Crippen molar-refractivity contribution in [2.45, 2.75) is 25.8 Å². The van der Waals surface area contributed by atoms with E-state index in [-0.39, 0.29) is 5.91 Å². The molecular weight excluding hydrogens is 358 g/mol. The highest BCUT2D eigenvalue weighted by Gasteiger charge is 2.11. The topological polar surface area (TPSA) is 46.9 Å². The van der Waals surface area contributed by atoms with E-state index in [1.807, 2.05) is 36.4 Å². The largest absolute Gasteiger partial charge is 0.352 e. The lowest BCUT2D eigenvalue weighted by molar-refractivity contribution is 0.0954. The number of hydrogen-bond acceptors (Lipinski definition) is 2. The zero-order chi connectivity index (χ0) is 19.9. The van der Waals surface area contributed by atoms with Gasteiger partial charge in [-0.05, 0) is 42.7 Å². The second kappa shape index (κ2) is 9.20. The van der Waals surface area contributed by atoms with Crippen molar-refractivity contribution >= 4 is 16.9 Å². The van der Waals surface area contributed by atoms with E-state index in [0.717, 1.165) is 36.2 Å². The van der Waals surface area contributed by atoms with Crippen LogP contribution in [-0.4, -0.2) is 22.0 Å². The third-order valence-electron chi connectivity index (χ3n) is 5.09. The lowest BCUT2D eigenvalue weighted by atomic mass is 10.1. The van der Waals surface area contributed by atoms with Gasteiger partial charge < -0.3 is 9.88 Å². The number of hydrogen-bond donors (Lipinski definition) is 1. The monoisotopic (exact) mass is 383 g/mol. The Labute approximate surface area is 171 Å². The molecule has 0 aliphatic heterocycles. The van der Waals surface area contributed by atoms with Gasteiger partial charge >= 0.3 is 0 Å². The molecule has 0 saturated heterocycles. The molecule has 3 aromatic carbocycles. The molecule has 0 atom stereocenters. The van der Waals surface area contributed by atoms with E-state index in [4.69, 9.17) is 4.98 Å². The van der Waals surface area contributed by atoms with Gasteiger partial charge in [0.15, 0.2) is 0 Å². The van der Waals surface area contributed by atoms with E-state index < -0.39 is 0 Å². The summed E-state index contributed by atoms with van der Waals surface area (Å²) < 4.78 is 2.30. The number of nitrogens with zero attached hydrogens (tertiary/aromatic N) is 2. The summed E-state index contributed by atoms with van der Waals surface area (Å²) in [6.45, 7) is 1.48. The van der Waals surface area contributed by atoms with Gasteiger partial charge in [-0.15, -0.1) is 0 Å². The van der Waals surface area contributed by atoms with Gasteiger partial charge in [-0.3, -0.25) is 4.79 Å². The number of amides is 1. The van der Waals surface area contributed by atoms with Gasteiger partial charge in [-0.1, -0.05) is 60.7 Å². The number of fused-ring (bicyclic) bond motifs is 1. The Hall–Kier alpha value is -3.40. The Balaban J connectivity index is 1.42. The molecule has 0 aliphatic carbocycles. The molecule has 0 fully saturated rings. The molecule has 4 heteroatoms. The Kier molecular flexibility index (Phi) is 6.01. The number of nitrogens with one attached hydrogen (secondary N) is 1. The maximum atomic E-state index is 12.3. The molecule has 1 amide bonds. The van der Waals surface area contributed by atoms with Gasteiger partial charge in [-0.25, -0.2) is 4.98 Å². The van der Waals surface area contributed by atoms with E-state index in [9.17, 15) is 4.79 Å². The van der Waals surface area contributed by atoms with Crippen LogP contribution in [0.1, 0.15) is 28.2 Å².